The normalized spacial score (nSPS) is 21.0. The average Bonchev–Trinajstić information content (AvgIpc) is 3.35. The molecule has 0 saturated heterocycles. The van der Waals surface area contributed by atoms with E-state index in [2.05, 4.69) is 10.3 Å². The number of methoxy groups -OCH3 is 2. The zero-order chi connectivity index (χ0) is 32.9. The number of fused-ring (bicyclic) bond motifs is 1. The number of carbonyl (C=O) groups excluding carboxylic acids is 2. The number of para-hydroxylation sites is 1. The summed E-state index contributed by atoms with van der Waals surface area (Å²) in [6.45, 7) is 8.38. The van der Waals surface area contributed by atoms with Crippen molar-refractivity contribution < 1.29 is 38.4 Å². The van der Waals surface area contributed by atoms with Gasteiger partial charge in [-0.15, -0.1) is 0 Å². The molecular weight excluding hydrogens is 590 g/mol. The highest BCUT2D eigenvalue weighted by atomic mass is 16.5. The predicted octanol–water partition coefficient (Wildman–Crippen LogP) is 5.72. The van der Waals surface area contributed by atoms with Crippen LogP contribution in [0, 0.1) is 5.41 Å². The number of hydrogen-bond acceptors (Lipinski definition) is 7. The van der Waals surface area contributed by atoms with Gasteiger partial charge >= 0.3 is 5.97 Å². The van der Waals surface area contributed by atoms with E-state index >= 15 is 0 Å². The molecule has 0 fully saturated rings. The Bertz CT molecular complexity index is 1840. The van der Waals surface area contributed by atoms with E-state index in [1.807, 2.05) is 52.0 Å². The Morgan fingerprint density at radius 2 is 1.89 bits per heavy atom. The fourth-order valence-corrected chi connectivity index (χ4v) is 6.39. The van der Waals surface area contributed by atoms with Gasteiger partial charge in [-0.3, -0.25) is 14.5 Å². The molecule has 0 bridgehead atoms. The van der Waals surface area contributed by atoms with E-state index < -0.39 is 23.9 Å². The van der Waals surface area contributed by atoms with E-state index in [-0.39, 0.29) is 36.1 Å². The molecule has 0 saturated carbocycles. The SMILES string of the molecule is COc1cccc([C@@H]2C=C(C)C3=COC[C@@H](C(C)(C)C)N4C(=O)[C@@H](CC(=O)Nc5cccc6[nH]c(C(=O)O)cc56)OC2=C34)c1OC. The van der Waals surface area contributed by atoms with E-state index in [1.165, 1.54) is 6.07 Å². The van der Waals surface area contributed by atoms with Crippen molar-refractivity contribution >= 4 is 34.4 Å². The number of amides is 2. The highest BCUT2D eigenvalue weighted by Crippen LogP contribution is 2.50. The van der Waals surface area contributed by atoms with Crippen LogP contribution < -0.4 is 14.8 Å². The summed E-state index contributed by atoms with van der Waals surface area (Å²) in [6, 6.07) is 11.8. The summed E-state index contributed by atoms with van der Waals surface area (Å²) in [5.74, 6) is -0.761. The van der Waals surface area contributed by atoms with Crippen LogP contribution in [-0.4, -0.2) is 65.7 Å². The Balaban J connectivity index is 1.42. The molecule has 240 valence electrons. The van der Waals surface area contributed by atoms with Crippen molar-refractivity contribution in [2.45, 2.75) is 52.2 Å². The van der Waals surface area contributed by atoms with E-state index in [9.17, 15) is 19.5 Å². The minimum Gasteiger partial charge on any atom is -0.498 e. The number of allylic oxidation sites excluding steroid dienone is 2. The number of rotatable bonds is 7. The summed E-state index contributed by atoms with van der Waals surface area (Å²) >= 11 is 0. The van der Waals surface area contributed by atoms with Gasteiger partial charge in [0.1, 0.15) is 18.1 Å². The molecule has 46 heavy (non-hydrogen) atoms. The van der Waals surface area contributed by atoms with Crippen molar-refractivity contribution in [1.82, 2.24) is 9.88 Å². The monoisotopic (exact) mass is 627 g/mol. The third kappa shape index (κ3) is 5.25. The molecule has 6 rings (SSSR count). The van der Waals surface area contributed by atoms with Crippen molar-refractivity contribution in [3.05, 3.63) is 88.7 Å². The van der Waals surface area contributed by atoms with Gasteiger partial charge in [-0.05, 0) is 42.2 Å². The Morgan fingerprint density at radius 3 is 2.59 bits per heavy atom. The highest BCUT2D eigenvalue weighted by molar-refractivity contribution is 6.05. The quantitative estimate of drug-likeness (QED) is 0.302. The van der Waals surface area contributed by atoms with Gasteiger partial charge in [0.15, 0.2) is 17.6 Å². The molecule has 11 nitrogen and oxygen atoms in total. The standard InChI is InChI=1S/C35H37N3O8/c1-18-13-20(19-9-7-12-26(43-5)31(19)44-6)32-30-22(18)16-45-17-28(35(2,3)4)38(30)33(40)27(46-32)15-29(39)37-24-11-8-10-23-21(24)14-25(36-23)34(41)42/h7-14,16,20,27-28,36H,15,17H2,1-6H3,(H,37,39)(H,41,42)/t20-,27+,28-/m0/s1. The van der Waals surface area contributed by atoms with E-state index in [0.29, 0.717) is 39.5 Å². The molecule has 2 aromatic carbocycles. The maximum Gasteiger partial charge on any atom is 0.352 e. The average molecular weight is 628 g/mol. The van der Waals surface area contributed by atoms with Gasteiger partial charge in [0.05, 0.1) is 50.2 Å². The number of aromatic carboxylic acids is 1. The maximum absolute atomic E-state index is 14.4. The molecule has 3 aliphatic rings. The zero-order valence-corrected chi connectivity index (χ0v) is 26.6. The number of nitrogens with zero attached hydrogens (tertiary/aromatic N) is 1. The molecule has 0 spiro atoms. The van der Waals surface area contributed by atoms with Crippen LogP contribution in [0.1, 0.15) is 56.1 Å². The summed E-state index contributed by atoms with van der Waals surface area (Å²) in [7, 11) is 3.15. The first-order chi connectivity index (χ1) is 21.9. The molecule has 2 aliphatic heterocycles. The second-order valence-electron chi connectivity index (χ2n) is 12.7. The first kappa shape index (κ1) is 30.8. The number of ether oxygens (including phenoxy) is 4. The fraction of sp³-hybridized carbons (Fsp3) is 0.343. The molecule has 3 aromatic rings. The number of carboxylic acid groups (broad SMARTS) is 1. The molecule has 3 N–H and O–H groups in total. The lowest BCUT2D eigenvalue weighted by Gasteiger charge is -2.46. The Labute approximate surface area is 266 Å². The Morgan fingerprint density at radius 1 is 1.13 bits per heavy atom. The van der Waals surface area contributed by atoms with Crippen molar-refractivity contribution in [2.75, 3.05) is 26.1 Å². The molecule has 0 radical (unpaired) electrons. The van der Waals surface area contributed by atoms with Crippen LogP contribution in [0.4, 0.5) is 5.69 Å². The second kappa shape index (κ2) is 11.6. The molecule has 3 heterocycles. The summed E-state index contributed by atoms with van der Waals surface area (Å²) < 4.78 is 24.0. The number of carbonyl (C=O) groups is 3. The van der Waals surface area contributed by atoms with Crippen molar-refractivity contribution in [2.24, 2.45) is 5.41 Å². The van der Waals surface area contributed by atoms with Crippen molar-refractivity contribution in [3.8, 4) is 11.5 Å². The van der Waals surface area contributed by atoms with Gasteiger partial charge in [0.25, 0.3) is 5.91 Å². The van der Waals surface area contributed by atoms with E-state index in [4.69, 9.17) is 18.9 Å². The predicted molar refractivity (Wildman–Crippen MR) is 171 cm³/mol. The number of nitrogens with one attached hydrogen (secondary N) is 2. The largest absolute Gasteiger partial charge is 0.498 e. The number of aromatic nitrogens is 1. The number of anilines is 1. The van der Waals surface area contributed by atoms with E-state index in [1.54, 1.807) is 43.6 Å². The summed E-state index contributed by atoms with van der Waals surface area (Å²) in [4.78, 5) is 44.1. The minimum atomic E-state index is -1.14. The number of carboxylic acids is 1. The number of H-pyrrole nitrogens is 1. The van der Waals surface area contributed by atoms with Crippen molar-refractivity contribution in [3.63, 3.8) is 0 Å². The maximum atomic E-state index is 14.4. The molecule has 3 atom stereocenters. The third-order valence-electron chi connectivity index (χ3n) is 8.71. The number of hydrogen-bond donors (Lipinski definition) is 3. The van der Waals surface area contributed by atoms with Crippen LogP contribution in [0.25, 0.3) is 10.9 Å². The summed E-state index contributed by atoms with van der Waals surface area (Å²) in [5.41, 5.74) is 3.65. The van der Waals surface area contributed by atoms with Gasteiger partial charge in [-0.2, -0.15) is 0 Å². The zero-order valence-electron chi connectivity index (χ0n) is 26.6. The van der Waals surface area contributed by atoms with Crippen LogP contribution in [0.5, 0.6) is 11.5 Å². The highest BCUT2D eigenvalue weighted by Gasteiger charge is 2.49. The third-order valence-corrected chi connectivity index (χ3v) is 8.71. The van der Waals surface area contributed by atoms with Crippen LogP contribution in [0.3, 0.4) is 0 Å². The fourth-order valence-electron chi connectivity index (χ4n) is 6.39. The van der Waals surface area contributed by atoms with Crippen molar-refractivity contribution in [1.29, 1.82) is 0 Å². The molecule has 0 unspecified atom stereocenters. The summed E-state index contributed by atoms with van der Waals surface area (Å²) in [6.07, 6.45) is 2.31. The van der Waals surface area contributed by atoms with Gasteiger partial charge in [-0.1, -0.05) is 45.0 Å². The van der Waals surface area contributed by atoms with Crippen LogP contribution in [0.2, 0.25) is 0 Å². The molecular formula is C35H37N3O8. The lowest BCUT2D eigenvalue weighted by Crippen LogP contribution is -2.56. The number of aromatic amines is 1. The van der Waals surface area contributed by atoms with E-state index in [0.717, 1.165) is 16.7 Å². The number of benzene rings is 2. The lowest BCUT2D eigenvalue weighted by molar-refractivity contribution is -0.150. The Hall–Kier alpha value is -5.19. The smallest absolute Gasteiger partial charge is 0.352 e. The molecule has 1 aromatic heterocycles. The minimum absolute atomic E-state index is 0.00193. The first-order valence-corrected chi connectivity index (χ1v) is 15.0. The topological polar surface area (TPSA) is 139 Å². The molecule has 11 heteroatoms. The molecule has 2 amide bonds. The van der Waals surface area contributed by atoms with Gasteiger partial charge in [-0.25, -0.2) is 4.79 Å². The van der Waals surface area contributed by atoms with Crippen LogP contribution in [-0.2, 0) is 19.1 Å². The van der Waals surface area contributed by atoms with Crippen LogP contribution >= 0.6 is 0 Å². The first-order valence-electron chi connectivity index (χ1n) is 15.0. The Kier molecular flexibility index (Phi) is 7.79. The molecule has 1 aliphatic carbocycles. The van der Waals surface area contributed by atoms with Gasteiger partial charge in [0.2, 0.25) is 5.91 Å². The van der Waals surface area contributed by atoms with Gasteiger partial charge in [0, 0.05) is 22.0 Å². The lowest BCUT2D eigenvalue weighted by atomic mass is 9.80. The second-order valence-corrected chi connectivity index (χ2v) is 12.7. The van der Waals surface area contributed by atoms with Crippen LogP contribution in [0.15, 0.2) is 77.4 Å². The summed E-state index contributed by atoms with van der Waals surface area (Å²) in [5, 5.41) is 12.8. The van der Waals surface area contributed by atoms with Gasteiger partial charge < -0.3 is 34.4 Å².